The van der Waals surface area contributed by atoms with E-state index in [1.165, 1.54) is 0 Å². The third-order valence-electron chi connectivity index (χ3n) is 5.24. The molecule has 1 aromatic carbocycles. The summed E-state index contributed by atoms with van der Waals surface area (Å²) in [5.41, 5.74) is 2.52. The first-order chi connectivity index (χ1) is 13.9. The van der Waals surface area contributed by atoms with E-state index in [9.17, 15) is 4.79 Å². The first-order valence-electron chi connectivity index (χ1n) is 9.98. The lowest BCUT2D eigenvalue weighted by atomic mass is 10.0. The van der Waals surface area contributed by atoms with Crippen LogP contribution in [-0.4, -0.2) is 44.3 Å². The third-order valence-corrected chi connectivity index (χ3v) is 5.24. The minimum absolute atomic E-state index is 0.285. The molecule has 0 bridgehead atoms. The molecule has 3 rings (SSSR count). The molecule has 0 saturated carbocycles. The van der Waals surface area contributed by atoms with E-state index >= 15 is 0 Å². The van der Waals surface area contributed by atoms with Gasteiger partial charge in [0.25, 0.3) is 0 Å². The smallest absolute Gasteiger partial charge is 0.334 e. The van der Waals surface area contributed by atoms with Gasteiger partial charge in [-0.05, 0) is 43.5 Å². The molecule has 1 aromatic rings. The summed E-state index contributed by atoms with van der Waals surface area (Å²) in [5.74, 6) is -0.0413. The maximum Gasteiger partial charge on any atom is 0.334 e. The molecule has 0 aliphatic carbocycles. The average molecular weight is 402 g/mol. The summed E-state index contributed by atoms with van der Waals surface area (Å²) in [6, 6.07) is 7.69. The average Bonchev–Trinajstić information content (AvgIpc) is 3.28. The molecule has 0 aromatic heterocycles. The highest BCUT2D eigenvalue weighted by Gasteiger charge is 2.36. The number of hydrogen-bond acceptors (Lipinski definition) is 6. The first kappa shape index (κ1) is 21.6. The number of methoxy groups -OCH3 is 1. The summed E-state index contributed by atoms with van der Waals surface area (Å²) in [6.45, 7) is 9.48. The summed E-state index contributed by atoms with van der Waals surface area (Å²) >= 11 is 0. The van der Waals surface area contributed by atoms with Gasteiger partial charge in [0.15, 0.2) is 5.79 Å². The SMILES string of the molecule is C=C(C)[C@H](OCc1ccc(OC)cc1)[C@@H]1C/C(=C\CCC2(C)OCCO2)C(=O)O1. The lowest BCUT2D eigenvalue weighted by Gasteiger charge is -2.23. The molecule has 6 heteroatoms. The summed E-state index contributed by atoms with van der Waals surface area (Å²) < 4.78 is 28.0. The summed E-state index contributed by atoms with van der Waals surface area (Å²) in [6.07, 6.45) is 3.12. The lowest BCUT2D eigenvalue weighted by molar-refractivity contribution is -0.146. The molecule has 158 valence electrons. The fourth-order valence-electron chi connectivity index (χ4n) is 3.57. The Bertz CT molecular complexity index is 745. The summed E-state index contributed by atoms with van der Waals surface area (Å²) in [4.78, 5) is 12.3. The molecule has 2 saturated heterocycles. The minimum Gasteiger partial charge on any atom is -0.497 e. The van der Waals surface area contributed by atoms with E-state index in [1.807, 2.05) is 44.2 Å². The van der Waals surface area contributed by atoms with E-state index in [-0.39, 0.29) is 18.2 Å². The van der Waals surface area contributed by atoms with Gasteiger partial charge in [0.05, 0.1) is 26.9 Å². The summed E-state index contributed by atoms with van der Waals surface area (Å²) in [7, 11) is 1.64. The van der Waals surface area contributed by atoms with E-state index in [0.717, 1.165) is 16.9 Å². The zero-order chi connectivity index (χ0) is 20.9. The van der Waals surface area contributed by atoms with Crippen molar-refractivity contribution in [1.29, 1.82) is 0 Å². The lowest BCUT2D eigenvalue weighted by Crippen LogP contribution is -2.29. The second kappa shape index (κ2) is 9.57. The molecule has 2 fully saturated rings. The monoisotopic (exact) mass is 402 g/mol. The Balaban J connectivity index is 1.55. The number of carbonyl (C=O) groups excluding carboxylic acids is 1. The van der Waals surface area contributed by atoms with Crippen molar-refractivity contribution >= 4 is 5.97 Å². The number of carbonyl (C=O) groups is 1. The maximum atomic E-state index is 12.3. The van der Waals surface area contributed by atoms with Crippen LogP contribution in [0.15, 0.2) is 48.1 Å². The predicted molar refractivity (Wildman–Crippen MR) is 109 cm³/mol. The molecular weight excluding hydrogens is 372 g/mol. The van der Waals surface area contributed by atoms with Gasteiger partial charge in [0.2, 0.25) is 0 Å². The normalized spacial score (nSPS) is 23.2. The Labute approximate surface area is 172 Å². The van der Waals surface area contributed by atoms with Crippen LogP contribution in [0.4, 0.5) is 0 Å². The number of hydrogen-bond donors (Lipinski definition) is 0. The van der Waals surface area contributed by atoms with Crippen LogP contribution in [0.25, 0.3) is 0 Å². The van der Waals surface area contributed by atoms with Crippen LogP contribution in [0, 0.1) is 0 Å². The molecule has 0 amide bonds. The molecule has 0 spiro atoms. The number of rotatable bonds is 9. The van der Waals surface area contributed by atoms with Crippen LogP contribution in [-0.2, 0) is 30.3 Å². The number of allylic oxidation sites excluding steroid dienone is 1. The van der Waals surface area contributed by atoms with Crippen LogP contribution < -0.4 is 4.74 Å². The maximum absolute atomic E-state index is 12.3. The number of benzene rings is 1. The van der Waals surface area contributed by atoms with Gasteiger partial charge in [-0.25, -0.2) is 4.79 Å². The minimum atomic E-state index is -0.555. The number of ether oxygens (including phenoxy) is 5. The highest BCUT2D eigenvalue weighted by Crippen LogP contribution is 2.30. The van der Waals surface area contributed by atoms with Crippen molar-refractivity contribution in [2.45, 2.75) is 57.7 Å². The van der Waals surface area contributed by atoms with Gasteiger partial charge in [0.1, 0.15) is 18.0 Å². The second-order valence-corrected chi connectivity index (χ2v) is 7.67. The largest absolute Gasteiger partial charge is 0.497 e. The molecule has 2 heterocycles. The van der Waals surface area contributed by atoms with E-state index < -0.39 is 5.79 Å². The van der Waals surface area contributed by atoms with Gasteiger partial charge < -0.3 is 23.7 Å². The van der Waals surface area contributed by atoms with Crippen molar-refractivity contribution < 1.29 is 28.5 Å². The van der Waals surface area contributed by atoms with Crippen LogP contribution in [0.3, 0.4) is 0 Å². The van der Waals surface area contributed by atoms with Gasteiger partial charge in [-0.15, -0.1) is 0 Å². The van der Waals surface area contributed by atoms with Crippen molar-refractivity contribution in [2.75, 3.05) is 20.3 Å². The van der Waals surface area contributed by atoms with Gasteiger partial charge in [-0.2, -0.15) is 0 Å². The third kappa shape index (κ3) is 5.69. The van der Waals surface area contributed by atoms with Crippen LogP contribution in [0.2, 0.25) is 0 Å². The Kier molecular flexibility index (Phi) is 7.11. The standard InChI is InChI=1S/C23H30O6/c1-16(2)21(26-15-17-7-9-19(25-4)10-8-17)20-14-18(22(24)29-20)6-5-11-23(3)27-12-13-28-23/h6-10,20-21H,1,5,11-15H2,2-4H3/b18-6+/t20-,21-/m0/s1. The van der Waals surface area contributed by atoms with Gasteiger partial charge in [-0.1, -0.05) is 24.8 Å². The Morgan fingerprint density at radius 2 is 2.00 bits per heavy atom. The van der Waals surface area contributed by atoms with E-state index in [0.29, 0.717) is 44.7 Å². The van der Waals surface area contributed by atoms with Crippen molar-refractivity contribution in [3.63, 3.8) is 0 Å². The molecule has 0 unspecified atom stereocenters. The van der Waals surface area contributed by atoms with Gasteiger partial charge in [-0.3, -0.25) is 0 Å². The quantitative estimate of drug-likeness (QED) is 0.354. The topological polar surface area (TPSA) is 63.2 Å². The second-order valence-electron chi connectivity index (χ2n) is 7.67. The van der Waals surface area contributed by atoms with Gasteiger partial charge >= 0.3 is 5.97 Å². The molecule has 0 radical (unpaired) electrons. The Morgan fingerprint density at radius 1 is 1.31 bits per heavy atom. The number of cyclic esters (lactones) is 1. The zero-order valence-electron chi connectivity index (χ0n) is 17.4. The van der Waals surface area contributed by atoms with Crippen molar-refractivity contribution in [1.82, 2.24) is 0 Å². The number of esters is 1. The van der Waals surface area contributed by atoms with E-state index in [1.54, 1.807) is 7.11 Å². The molecule has 29 heavy (non-hydrogen) atoms. The summed E-state index contributed by atoms with van der Waals surface area (Å²) in [5, 5.41) is 0. The van der Waals surface area contributed by atoms with Gasteiger partial charge in [0, 0.05) is 18.4 Å². The highest BCUT2D eigenvalue weighted by molar-refractivity contribution is 5.90. The van der Waals surface area contributed by atoms with Crippen LogP contribution >= 0.6 is 0 Å². The fraction of sp³-hybridized carbons (Fsp3) is 0.522. The molecule has 2 aliphatic heterocycles. The van der Waals surface area contributed by atoms with Crippen LogP contribution in [0.5, 0.6) is 5.75 Å². The van der Waals surface area contributed by atoms with Crippen molar-refractivity contribution in [2.24, 2.45) is 0 Å². The Morgan fingerprint density at radius 3 is 2.62 bits per heavy atom. The molecule has 0 N–H and O–H groups in total. The zero-order valence-corrected chi connectivity index (χ0v) is 17.4. The molecule has 2 atom stereocenters. The van der Waals surface area contributed by atoms with E-state index in [4.69, 9.17) is 23.7 Å². The van der Waals surface area contributed by atoms with Crippen LogP contribution in [0.1, 0.15) is 38.7 Å². The molecular formula is C23H30O6. The highest BCUT2D eigenvalue weighted by atomic mass is 16.7. The fourth-order valence-corrected chi connectivity index (χ4v) is 3.57. The first-order valence-corrected chi connectivity index (χ1v) is 9.98. The van der Waals surface area contributed by atoms with Crippen molar-refractivity contribution in [3.05, 3.63) is 53.6 Å². The van der Waals surface area contributed by atoms with Crippen molar-refractivity contribution in [3.8, 4) is 5.75 Å². The Hall–Kier alpha value is -2.15. The molecule has 2 aliphatic rings. The van der Waals surface area contributed by atoms with E-state index in [2.05, 4.69) is 6.58 Å². The molecule has 6 nitrogen and oxygen atoms in total. The predicted octanol–water partition coefficient (Wildman–Crippen LogP) is 3.94.